The van der Waals surface area contributed by atoms with Crippen molar-refractivity contribution in [2.45, 2.75) is 20.1 Å². The largest absolute Gasteiger partial charge is 0.467 e. The van der Waals surface area contributed by atoms with Crippen molar-refractivity contribution >= 4 is 28.9 Å². The van der Waals surface area contributed by atoms with Gasteiger partial charge in [0.1, 0.15) is 5.75 Å². The Hall–Kier alpha value is -2.24. The molecule has 2 aromatic carbocycles. The van der Waals surface area contributed by atoms with E-state index >= 15 is 0 Å². The lowest BCUT2D eigenvalue weighted by Gasteiger charge is -2.28. The monoisotopic (exact) mass is 358 g/mol. The van der Waals surface area contributed by atoms with E-state index in [1.165, 1.54) is 0 Å². The molecule has 2 heterocycles. The number of anilines is 2. The predicted octanol–water partition coefficient (Wildman–Crippen LogP) is 3.80. The van der Waals surface area contributed by atoms with Gasteiger partial charge in [-0.25, -0.2) is 0 Å². The summed E-state index contributed by atoms with van der Waals surface area (Å²) < 4.78 is 11.1. The van der Waals surface area contributed by atoms with Crippen LogP contribution in [0.4, 0.5) is 11.4 Å². The second kappa shape index (κ2) is 6.58. The molecule has 1 amide bonds. The molecule has 0 bridgehead atoms. The van der Waals surface area contributed by atoms with Crippen molar-refractivity contribution in [3.05, 3.63) is 52.5 Å². The summed E-state index contributed by atoms with van der Waals surface area (Å²) in [7, 11) is 0. The average molecular weight is 359 g/mol. The van der Waals surface area contributed by atoms with Crippen molar-refractivity contribution in [2.75, 3.05) is 23.6 Å². The Kier molecular flexibility index (Phi) is 4.27. The van der Waals surface area contributed by atoms with Crippen LogP contribution in [0.3, 0.4) is 0 Å². The number of nitrogens with one attached hydrogen (secondary N) is 1. The molecule has 5 nitrogen and oxygen atoms in total. The smallest absolute Gasteiger partial charge is 0.229 e. The van der Waals surface area contributed by atoms with Gasteiger partial charge >= 0.3 is 0 Å². The van der Waals surface area contributed by atoms with Gasteiger partial charge in [-0.3, -0.25) is 4.79 Å². The molecule has 0 saturated heterocycles. The van der Waals surface area contributed by atoms with Crippen LogP contribution in [0.15, 0.2) is 36.4 Å². The fourth-order valence-corrected chi connectivity index (χ4v) is 3.62. The molecule has 0 spiro atoms. The standard InChI is InChI=1S/C19H19ClN2O3/c1-12-8-22(17-5-3-2-4-16(17)21-19(12)23)9-13-6-15(20)7-14-10-24-11-25-18(13)14/h2-7,12H,8-11H2,1H3,(H,21,23). The molecule has 0 radical (unpaired) electrons. The number of carbonyl (C=O) groups excluding carboxylic acids is 1. The third kappa shape index (κ3) is 3.17. The molecule has 2 aliphatic heterocycles. The van der Waals surface area contributed by atoms with Crippen molar-refractivity contribution < 1.29 is 14.3 Å². The Morgan fingerprint density at radius 1 is 1.32 bits per heavy atom. The molecule has 0 aromatic heterocycles. The minimum atomic E-state index is -0.119. The number of fused-ring (bicyclic) bond motifs is 2. The van der Waals surface area contributed by atoms with E-state index in [-0.39, 0.29) is 18.6 Å². The van der Waals surface area contributed by atoms with Gasteiger partial charge in [-0.05, 0) is 24.3 Å². The first-order valence-electron chi connectivity index (χ1n) is 8.28. The molecule has 130 valence electrons. The van der Waals surface area contributed by atoms with E-state index in [1.54, 1.807) is 0 Å². The van der Waals surface area contributed by atoms with Gasteiger partial charge in [0.2, 0.25) is 5.91 Å². The number of para-hydroxylation sites is 2. The van der Waals surface area contributed by atoms with Gasteiger partial charge in [0.15, 0.2) is 6.79 Å². The SMILES string of the molecule is CC1CN(Cc2cc(Cl)cc3c2OCOC3)c2ccccc2NC1=O. The fraction of sp³-hybridized carbons (Fsp3) is 0.316. The fourth-order valence-electron chi connectivity index (χ4n) is 3.35. The summed E-state index contributed by atoms with van der Waals surface area (Å²) in [6.45, 7) is 3.91. The lowest BCUT2D eigenvalue weighted by molar-refractivity contribution is -0.119. The summed E-state index contributed by atoms with van der Waals surface area (Å²) >= 11 is 6.29. The van der Waals surface area contributed by atoms with Gasteiger partial charge in [0.25, 0.3) is 0 Å². The summed E-state index contributed by atoms with van der Waals surface area (Å²) in [6.07, 6.45) is 0. The van der Waals surface area contributed by atoms with E-state index < -0.39 is 0 Å². The number of benzene rings is 2. The van der Waals surface area contributed by atoms with Crippen LogP contribution in [0.5, 0.6) is 5.75 Å². The quantitative estimate of drug-likeness (QED) is 0.887. The topological polar surface area (TPSA) is 50.8 Å². The van der Waals surface area contributed by atoms with E-state index in [9.17, 15) is 4.79 Å². The minimum Gasteiger partial charge on any atom is -0.467 e. The third-order valence-electron chi connectivity index (χ3n) is 4.56. The first-order valence-corrected chi connectivity index (χ1v) is 8.66. The molecular formula is C19H19ClN2O3. The Morgan fingerprint density at radius 3 is 3.04 bits per heavy atom. The molecule has 6 heteroatoms. The molecular weight excluding hydrogens is 340 g/mol. The maximum absolute atomic E-state index is 12.3. The maximum Gasteiger partial charge on any atom is 0.229 e. The van der Waals surface area contributed by atoms with Crippen LogP contribution in [0.2, 0.25) is 5.02 Å². The van der Waals surface area contributed by atoms with E-state index in [0.717, 1.165) is 28.3 Å². The van der Waals surface area contributed by atoms with Crippen LogP contribution in [0.25, 0.3) is 0 Å². The van der Waals surface area contributed by atoms with Crippen LogP contribution in [0, 0.1) is 5.92 Å². The second-order valence-electron chi connectivity index (χ2n) is 6.45. The van der Waals surface area contributed by atoms with Crippen molar-refractivity contribution in [2.24, 2.45) is 5.92 Å². The number of nitrogens with zero attached hydrogens (tertiary/aromatic N) is 1. The third-order valence-corrected chi connectivity index (χ3v) is 4.78. The van der Waals surface area contributed by atoms with Crippen LogP contribution in [-0.2, 0) is 22.7 Å². The molecule has 0 aliphatic carbocycles. The van der Waals surface area contributed by atoms with Crippen LogP contribution >= 0.6 is 11.6 Å². The molecule has 1 atom stereocenters. The van der Waals surface area contributed by atoms with Gasteiger partial charge in [0.05, 0.1) is 23.9 Å². The summed E-state index contributed by atoms with van der Waals surface area (Å²) in [6, 6.07) is 11.7. The maximum atomic E-state index is 12.3. The van der Waals surface area contributed by atoms with Gasteiger partial charge < -0.3 is 19.7 Å². The first-order chi connectivity index (χ1) is 12.1. The second-order valence-corrected chi connectivity index (χ2v) is 6.89. The normalized spacial score (nSPS) is 19.4. The molecule has 4 rings (SSSR count). The Morgan fingerprint density at radius 2 is 2.16 bits per heavy atom. The van der Waals surface area contributed by atoms with Crippen LogP contribution in [0.1, 0.15) is 18.1 Å². The number of hydrogen-bond donors (Lipinski definition) is 1. The number of ether oxygens (including phenoxy) is 2. The highest BCUT2D eigenvalue weighted by Crippen LogP contribution is 2.36. The summed E-state index contributed by atoms with van der Waals surface area (Å²) in [4.78, 5) is 14.5. The molecule has 1 N–H and O–H groups in total. The zero-order valence-electron chi connectivity index (χ0n) is 13.9. The number of halogens is 1. The molecule has 2 aliphatic rings. The Balaban J connectivity index is 1.73. The molecule has 0 fully saturated rings. The van der Waals surface area contributed by atoms with Crippen molar-refractivity contribution in [3.8, 4) is 5.75 Å². The highest BCUT2D eigenvalue weighted by molar-refractivity contribution is 6.30. The molecule has 0 saturated carbocycles. The minimum absolute atomic E-state index is 0.0349. The van der Waals surface area contributed by atoms with Gasteiger partial charge in [-0.15, -0.1) is 0 Å². The van der Waals surface area contributed by atoms with Crippen LogP contribution in [-0.4, -0.2) is 19.2 Å². The number of hydrogen-bond acceptors (Lipinski definition) is 4. The molecule has 25 heavy (non-hydrogen) atoms. The van der Waals surface area contributed by atoms with E-state index in [0.29, 0.717) is 24.7 Å². The van der Waals surface area contributed by atoms with Gasteiger partial charge in [0, 0.05) is 29.2 Å². The zero-order valence-corrected chi connectivity index (χ0v) is 14.7. The summed E-state index contributed by atoms with van der Waals surface area (Å²) in [5.41, 5.74) is 3.79. The number of amides is 1. The number of carbonyl (C=O) groups is 1. The highest BCUT2D eigenvalue weighted by Gasteiger charge is 2.26. The van der Waals surface area contributed by atoms with Gasteiger partial charge in [-0.2, -0.15) is 0 Å². The lowest BCUT2D eigenvalue weighted by Crippen LogP contribution is -2.30. The Bertz CT molecular complexity index is 824. The summed E-state index contributed by atoms with van der Waals surface area (Å²) in [5.74, 6) is 0.753. The lowest BCUT2D eigenvalue weighted by atomic mass is 10.1. The predicted molar refractivity (Wildman–Crippen MR) is 97.0 cm³/mol. The average Bonchev–Trinajstić information content (AvgIpc) is 2.72. The van der Waals surface area contributed by atoms with E-state index in [1.807, 2.05) is 43.3 Å². The first kappa shape index (κ1) is 16.2. The highest BCUT2D eigenvalue weighted by atomic mass is 35.5. The van der Waals surface area contributed by atoms with Crippen molar-refractivity contribution in [1.29, 1.82) is 0 Å². The van der Waals surface area contributed by atoms with E-state index in [4.69, 9.17) is 21.1 Å². The van der Waals surface area contributed by atoms with Crippen molar-refractivity contribution in [3.63, 3.8) is 0 Å². The van der Waals surface area contributed by atoms with Gasteiger partial charge in [-0.1, -0.05) is 30.7 Å². The van der Waals surface area contributed by atoms with Crippen LogP contribution < -0.4 is 15.0 Å². The number of rotatable bonds is 2. The molecule has 2 aromatic rings. The zero-order chi connectivity index (χ0) is 17.4. The van der Waals surface area contributed by atoms with E-state index in [2.05, 4.69) is 10.2 Å². The summed E-state index contributed by atoms with van der Waals surface area (Å²) in [5, 5.41) is 3.66. The Labute approximate surface area is 151 Å². The molecule has 1 unspecified atom stereocenters. The van der Waals surface area contributed by atoms with Crippen molar-refractivity contribution in [1.82, 2.24) is 0 Å².